The molecule has 2 aliphatic rings. The van der Waals surface area contributed by atoms with Crippen LogP contribution in [0.4, 0.5) is 0 Å². The van der Waals surface area contributed by atoms with Crippen LogP contribution in [0.2, 0.25) is 0 Å². The van der Waals surface area contributed by atoms with Crippen molar-refractivity contribution in [1.82, 2.24) is 4.90 Å². The molecule has 0 aromatic heterocycles. The Kier molecular flexibility index (Phi) is 4.54. The topological polar surface area (TPSA) is 76.1 Å². The summed E-state index contributed by atoms with van der Waals surface area (Å²) in [6, 6.07) is -0.367. The standard InChI is InChI=1S/C12H19NO5/c14-11(8-18-6-9-1-2-9)13-3-4-17-7-10(13)5-12(15)16/h9-10H,1-8H2,(H,15,16)/t10-/m0/s1. The lowest BCUT2D eigenvalue weighted by molar-refractivity contribution is -0.149. The van der Waals surface area contributed by atoms with Crippen molar-refractivity contribution in [2.75, 3.05) is 33.0 Å². The second-order valence-electron chi connectivity index (χ2n) is 4.87. The summed E-state index contributed by atoms with van der Waals surface area (Å²) < 4.78 is 10.6. The van der Waals surface area contributed by atoms with Gasteiger partial charge in [0.1, 0.15) is 6.61 Å². The molecule has 1 aliphatic heterocycles. The van der Waals surface area contributed by atoms with Crippen LogP contribution in [-0.2, 0) is 19.1 Å². The van der Waals surface area contributed by atoms with Crippen molar-refractivity contribution in [3.63, 3.8) is 0 Å². The smallest absolute Gasteiger partial charge is 0.305 e. The highest BCUT2D eigenvalue weighted by molar-refractivity contribution is 5.79. The van der Waals surface area contributed by atoms with Crippen LogP contribution in [0.3, 0.4) is 0 Å². The third-order valence-corrected chi connectivity index (χ3v) is 3.23. The van der Waals surface area contributed by atoms with E-state index in [1.165, 1.54) is 12.8 Å². The van der Waals surface area contributed by atoms with Crippen molar-refractivity contribution in [3.8, 4) is 0 Å². The number of carbonyl (C=O) groups is 2. The minimum Gasteiger partial charge on any atom is -0.481 e. The molecule has 1 atom stereocenters. The average Bonchev–Trinajstić information content (AvgIpc) is 3.13. The Labute approximate surface area is 106 Å². The number of hydrogen-bond acceptors (Lipinski definition) is 4. The molecular formula is C12H19NO5. The fraction of sp³-hybridized carbons (Fsp3) is 0.833. The zero-order valence-electron chi connectivity index (χ0n) is 10.3. The van der Waals surface area contributed by atoms with Crippen LogP contribution in [0, 0.1) is 5.92 Å². The lowest BCUT2D eigenvalue weighted by Gasteiger charge is -2.34. The molecule has 18 heavy (non-hydrogen) atoms. The average molecular weight is 257 g/mol. The largest absolute Gasteiger partial charge is 0.481 e. The quantitative estimate of drug-likeness (QED) is 0.731. The molecule has 102 valence electrons. The first-order chi connectivity index (χ1) is 8.66. The van der Waals surface area contributed by atoms with E-state index in [0.29, 0.717) is 32.3 Å². The van der Waals surface area contributed by atoms with E-state index in [1.807, 2.05) is 0 Å². The van der Waals surface area contributed by atoms with E-state index in [1.54, 1.807) is 4.90 Å². The Morgan fingerprint density at radius 2 is 2.17 bits per heavy atom. The molecule has 1 aliphatic carbocycles. The number of carbonyl (C=O) groups excluding carboxylic acids is 1. The Bertz CT molecular complexity index is 316. The van der Waals surface area contributed by atoms with E-state index < -0.39 is 5.97 Å². The third-order valence-electron chi connectivity index (χ3n) is 3.23. The van der Waals surface area contributed by atoms with Gasteiger partial charge in [0.05, 0.1) is 32.3 Å². The molecule has 1 amide bonds. The van der Waals surface area contributed by atoms with Gasteiger partial charge < -0.3 is 19.5 Å². The Morgan fingerprint density at radius 3 is 2.83 bits per heavy atom. The summed E-state index contributed by atoms with van der Waals surface area (Å²) in [6.45, 7) is 1.89. The summed E-state index contributed by atoms with van der Waals surface area (Å²) in [6.07, 6.45) is 2.30. The monoisotopic (exact) mass is 257 g/mol. The summed E-state index contributed by atoms with van der Waals surface area (Å²) in [4.78, 5) is 24.2. The van der Waals surface area contributed by atoms with Gasteiger partial charge in [-0.1, -0.05) is 0 Å². The summed E-state index contributed by atoms with van der Waals surface area (Å²) in [5.74, 6) is -0.426. The van der Waals surface area contributed by atoms with Crippen LogP contribution in [0.15, 0.2) is 0 Å². The van der Waals surface area contributed by atoms with Crippen LogP contribution >= 0.6 is 0 Å². The van der Waals surface area contributed by atoms with Gasteiger partial charge in [0, 0.05) is 6.54 Å². The first-order valence-corrected chi connectivity index (χ1v) is 6.33. The molecule has 0 radical (unpaired) electrons. The zero-order chi connectivity index (χ0) is 13.0. The van der Waals surface area contributed by atoms with Crippen molar-refractivity contribution in [2.24, 2.45) is 5.92 Å². The highest BCUT2D eigenvalue weighted by Crippen LogP contribution is 2.28. The molecule has 2 fully saturated rings. The maximum atomic E-state index is 11.9. The van der Waals surface area contributed by atoms with E-state index >= 15 is 0 Å². The van der Waals surface area contributed by atoms with Gasteiger partial charge in [0.15, 0.2) is 0 Å². The first-order valence-electron chi connectivity index (χ1n) is 6.33. The maximum Gasteiger partial charge on any atom is 0.305 e. The molecule has 1 saturated heterocycles. The van der Waals surface area contributed by atoms with E-state index in [4.69, 9.17) is 14.6 Å². The minimum absolute atomic E-state index is 0.0482. The molecule has 1 N–H and O–H groups in total. The number of morpholine rings is 1. The molecule has 0 spiro atoms. The van der Waals surface area contributed by atoms with E-state index in [2.05, 4.69) is 0 Å². The molecule has 0 aromatic rings. The van der Waals surface area contributed by atoms with E-state index in [9.17, 15) is 9.59 Å². The molecular weight excluding hydrogens is 238 g/mol. The van der Waals surface area contributed by atoms with Crippen molar-refractivity contribution in [3.05, 3.63) is 0 Å². The molecule has 0 aromatic carbocycles. The molecule has 6 heteroatoms. The van der Waals surface area contributed by atoms with Crippen LogP contribution in [0.5, 0.6) is 0 Å². The van der Waals surface area contributed by atoms with Gasteiger partial charge in [0.25, 0.3) is 0 Å². The Balaban J connectivity index is 1.78. The summed E-state index contributed by atoms with van der Waals surface area (Å²) in [5.41, 5.74) is 0. The molecule has 0 unspecified atom stereocenters. The predicted octanol–water partition coefficient (Wildman–Crippen LogP) is 0.115. The van der Waals surface area contributed by atoms with Crippen LogP contribution in [-0.4, -0.2) is 60.9 Å². The fourth-order valence-electron chi connectivity index (χ4n) is 2.03. The zero-order valence-corrected chi connectivity index (χ0v) is 10.3. The SMILES string of the molecule is O=C(O)C[C@H]1COCCN1C(=O)COCC1CC1. The van der Waals surface area contributed by atoms with Crippen molar-refractivity contribution in [2.45, 2.75) is 25.3 Å². The number of amides is 1. The maximum absolute atomic E-state index is 11.9. The van der Waals surface area contributed by atoms with E-state index in [0.717, 1.165) is 0 Å². The summed E-state index contributed by atoms with van der Waals surface area (Å²) in [7, 11) is 0. The number of aliphatic carboxylic acids is 1. The molecule has 0 bridgehead atoms. The van der Waals surface area contributed by atoms with Crippen LogP contribution in [0.25, 0.3) is 0 Å². The second kappa shape index (κ2) is 6.15. The van der Waals surface area contributed by atoms with Gasteiger partial charge in [0.2, 0.25) is 5.91 Å². The third kappa shape index (κ3) is 3.96. The van der Waals surface area contributed by atoms with E-state index in [-0.39, 0.29) is 25.0 Å². The van der Waals surface area contributed by atoms with Crippen molar-refractivity contribution in [1.29, 1.82) is 0 Å². The number of hydrogen-bond donors (Lipinski definition) is 1. The number of ether oxygens (including phenoxy) is 2. The molecule has 1 saturated carbocycles. The Morgan fingerprint density at radius 1 is 1.39 bits per heavy atom. The number of carboxylic acids is 1. The summed E-state index contributed by atoms with van der Waals surface area (Å²) in [5, 5.41) is 8.80. The van der Waals surface area contributed by atoms with Crippen molar-refractivity contribution >= 4 is 11.9 Å². The molecule has 6 nitrogen and oxygen atoms in total. The predicted molar refractivity (Wildman–Crippen MR) is 62.1 cm³/mol. The first kappa shape index (κ1) is 13.3. The van der Waals surface area contributed by atoms with Crippen molar-refractivity contribution < 1.29 is 24.2 Å². The number of nitrogens with zero attached hydrogens (tertiary/aromatic N) is 1. The van der Waals surface area contributed by atoms with Gasteiger partial charge in [-0.25, -0.2) is 0 Å². The van der Waals surface area contributed by atoms with Gasteiger partial charge in [-0.2, -0.15) is 0 Å². The minimum atomic E-state index is -0.915. The lowest BCUT2D eigenvalue weighted by atomic mass is 10.1. The number of rotatable bonds is 6. The lowest BCUT2D eigenvalue weighted by Crippen LogP contribution is -2.50. The van der Waals surface area contributed by atoms with Gasteiger partial charge >= 0.3 is 5.97 Å². The van der Waals surface area contributed by atoms with Crippen LogP contribution in [0.1, 0.15) is 19.3 Å². The normalized spacial score (nSPS) is 24.0. The second-order valence-corrected chi connectivity index (χ2v) is 4.87. The Hall–Kier alpha value is -1.14. The molecule has 1 heterocycles. The van der Waals surface area contributed by atoms with Gasteiger partial charge in [-0.15, -0.1) is 0 Å². The molecule has 2 rings (SSSR count). The van der Waals surface area contributed by atoms with Gasteiger partial charge in [-0.3, -0.25) is 9.59 Å². The number of carboxylic acid groups (broad SMARTS) is 1. The highest BCUT2D eigenvalue weighted by atomic mass is 16.5. The van der Waals surface area contributed by atoms with Gasteiger partial charge in [-0.05, 0) is 18.8 Å². The van der Waals surface area contributed by atoms with Crippen LogP contribution < -0.4 is 0 Å². The fourth-order valence-corrected chi connectivity index (χ4v) is 2.03. The summed E-state index contributed by atoms with van der Waals surface area (Å²) >= 11 is 0. The highest BCUT2D eigenvalue weighted by Gasteiger charge is 2.29.